The lowest BCUT2D eigenvalue weighted by molar-refractivity contribution is -0.131. The summed E-state index contributed by atoms with van der Waals surface area (Å²) in [6.07, 6.45) is 18.4. The van der Waals surface area contributed by atoms with Crippen molar-refractivity contribution in [2.24, 2.45) is 17.8 Å². The number of hydrogen-bond acceptors (Lipinski definition) is 3. The van der Waals surface area contributed by atoms with Gasteiger partial charge in [0.1, 0.15) is 0 Å². The van der Waals surface area contributed by atoms with Gasteiger partial charge in [-0.05, 0) is 37.5 Å². The smallest absolute Gasteiger partial charge is 0.327 e. The molecule has 0 aromatic carbocycles. The molecule has 0 bridgehead atoms. The monoisotopic (exact) mass is 334 g/mol. The molecule has 1 heterocycles. The second-order valence-electron chi connectivity index (χ2n) is 6.92. The van der Waals surface area contributed by atoms with Gasteiger partial charge in [0.25, 0.3) is 0 Å². The fourth-order valence-corrected chi connectivity index (χ4v) is 3.57. The van der Waals surface area contributed by atoms with Gasteiger partial charge in [-0.1, -0.05) is 49.6 Å². The van der Waals surface area contributed by atoms with Crippen LogP contribution in [0.4, 0.5) is 0 Å². The van der Waals surface area contributed by atoms with Gasteiger partial charge >= 0.3 is 5.97 Å². The van der Waals surface area contributed by atoms with Crippen molar-refractivity contribution < 1.29 is 19.7 Å². The molecule has 2 rings (SSSR count). The second kappa shape index (κ2) is 10.5. The average Bonchev–Trinajstić information content (AvgIpc) is 3.03. The highest BCUT2D eigenvalue weighted by molar-refractivity contribution is 5.79. The molecule has 1 saturated heterocycles. The summed E-state index contributed by atoms with van der Waals surface area (Å²) in [6.45, 7) is 1.48. The maximum atomic E-state index is 10.4. The molecule has 3 atom stereocenters. The molecule has 0 radical (unpaired) electrons. The molecule has 0 aromatic rings. The highest BCUT2D eigenvalue weighted by Gasteiger charge is 2.26. The molecule has 0 aromatic heterocycles. The Hall–Kier alpha value is -1.39. The van der Waals surface area contributed by atoms with Crippen LogP contribution in [-0.4, -0.2) is 35.5 Å². The largest absolute Gasteiger partial charge is 0.478 e. The predicted molar refractivity (Wildman–Crippen MR) is 94.7 cm³/mol. The fourth-order valence-electron chi connectivity index (χ4n) is 3.57. The molecule has 0 amide bonds. The van der Waals surface area contributed by atoms with Crippen LogP contribution in [0.5, 0.6) is 0 Å². The summed E-state index contributed by atoms with van der Waals surface area (Å²) in [5.41, 5.74) is 0. The van der Waals surface area contributed by atoms with Gasteiger partial charge in [-0.25, -0.2) is 4.79 Å². The molecular weight excluding hydrogens is 304 g/mol. The highest BCUT2D eigenvalue weighted by Crippen LogP contribution is 2.29. The Labute approximate surface area is 144 Å². The Morgan fingerprint density at radius 1 is 1.12 bits per heavy atom. The van der Waals surface area contributed by atoms with Crippen molar-refractivity contribution in [3.63, 3.8) is 0 Å². The molecule has 1 aliphatic carbocycles. The van der Waals surface area contributed by atoms with Crippen molar-refractivity contribution in [2.75, 3.05) is 13.2 Å². The van der Waals surface area contributed by atoms with Crippen molar-refractivity contribution in [1.82, 2.24) is 0 Å². The van der Waals surface area contributed by atoms with Crippen LogP contribution in [0.1, 0.15) is 44.9 Å². The van der Waals surface area contributed by atoms with E-state index in [-0.39, 0.29) is 6.10 Å². The maximum Gasteiger partial charge on any atom is 0.327 e. The van der Waals surface area contributed by atoms with Crippen LogP contribution in [0, 0.1) is 17.8 Å². The lowest BCUT2D eigenvalue weighted by Gasteiger charge is -2.25. The Balaban J connectivity index is 1.74. The van der Waals surface area contributed by atoms with Crippen molar-refractivity contribution in [3.05, 3.63) is 36.5 Å². The number of aliphatic hydroxyl groups excluding tert-OH is 1. The van der Waals surface area contributed by atoms with E-state index >= 15 is 0 Å². The molecule has 2 aliphatic rings. The number of carboxylic acids is 1. The number of aliphatic hydroxyl groups is 1. The molecule has 1 aliphatic heterocycles. The van der Waals surface area contributed by atoms with Crippen molar-refractivity contribution in [3.8, 4) is 0 Å². The quantitative estimate of drug-likeness (QED) is 0.524. The van der Waals surface area contributed by atoms with E-state index < -0.39 is 5.97 Å². The average molecular weight is 334 g/mol. The van der Waals surface area contributed by atoms with E-state index in [2.05, 4.69) is 12.2 Å². The molecule has 1 unspecified atom stereocenters. The molecular formula is C20H30O4. The van der Waals surface area contributed by atoms with Crippen LogP contribution in [-0.2, 0) is 9.53 Å². The van der Waals surface area contributed by atoms with Gasteiger partial charge in [0, 0.05) is 12.0 Å². The minimum absolute atomic E-state index is 0.316. The molecule has 1 saturated carbocycles. The summed E-state index contributed by atoms with van der Waals surface area (Å²) in [7, 11) is 0. The zero-order chi connectivity index (χ0) is 17.2. The Bertz CT molecular complexity index is 460. The van der Waals surface area contributed by atoms with Crippen LogP contribution in [0.15, 0.2) is 36.5 Å². The Kier molecular flexibility index (Phi) is 8.26. The van der Waals surface area contributed by atoms with E-state index in [1.807, 2.05) is 12.2 Å². The lowest BCUT2D eigenvalue weighted by atomic mass is 9.84. The summed E-state index contributed by atoms with van der Waals surface area (Å²) in [4.78, 5) is 10.4. The third-order valence-corrected chi connectivity index (χ3v) is 5.07. The molecule has 2 fully saturated rings. The van der Waals surface area contributed by atoms with Gasteiger partial charge in [0.15, 0.2) is 0 Å². The zero-order valence-electron chi connectivity index (χ0n) is 14.3. The molecule has 4 heteroatoms. The SMILES string of the molecule is O=C(O)C=CCC=CC[C@@H]1COC[C@@H]1C=CC(O)C1CCCCC1. The normalized spacial score (nSPS) is 27.5. The molecule has 134 valence electrons. The van der Waals surface area contributed by atoms with Crippen LogP contribution < -0.4 is 0 Å². The third kappa shape index (κ3) is 6.62. The topological polar surface area (TPSA) is 66.8 Å². The lowest BCUT2D eigenvalue weighted by Crippen LogP contribution is -2.21. The van der Waals surface area contributed by atoms with E-state index in [1.165, 1.54) is 25.3 Å². The van der Waals surface area contributed by atoms with Crippen LogP contribution in [0.2, 0.25) is 0 Å². The van der Waals surface area contributed by atoms with Crippen molar-refractivity contribution in [1.29, 1.82) is 0 Å². The Morgan fingerprint density at radius 3 is 2.67 bits per heavy atom. The number of rotatable bonds is 8. The molecule has 4 nitrogen and oxygen atoms in total. The minimum atomic E-state index is -0.908. The number of ether oxygens (including phenoxy) is 1. The minimum Gasteiger partial charge on any atom is -0.478 e. The van der Waals surface area contributed by atoms with Crippen molar-refractivity contribution in [2.45, 2.75) is 51.0 Å². The van der Waals surface area contributed by atoms with E-state index in [9.17, 15) is 9.90 Å². The highest BCUT2D eigenvalue weighted by atomic mass is 16.5. The number of hydrogen-bond donors (Lipinski definition) is 2. The first-order valence-corrected chi connectivity index (χ1v) is 9.15. The zero-order valence-corrected chi connectivity index (χ0v) is 14.3. The van der Waals surface area contributed by atoms with Gasteiger partial charge in [0.05, 0.1) is 19.3 Å². The second-order valence-corrected chi connectivity index (χ2v) is 6.92. The number of carbonyl (C=O) groups is 1. The van der Waals surface area contributed by atoms with Crippen LogP contribution in [0.3, 0.4) is 0 Å². The predicted octanol–water partition coefficient (Wildman–Crippen LogP) is 3.72. The number of aliphatic carboxylic acids is 1. The third-order valence-electron chi connectivity index (χ3n) is 5.07. The van der Waals surface area contributed by atoms with Gasteiger partial charge in [-0.15, -0.1) is 0 Å². The van der Waals surface area contributed by atoms with E-state index in [4.69, 9.17) is 9.84 Å². The summed E-state index contributed by atoms with van der Waals surface area (Å²) in [5.74, 6) is 0.327. The fraction of sp³-hybridized carbons (Fsp3) is 0.650. The summed E-state index contributed by atoms with van der Waals surface area (Å²) < 4.78 is 5.60. The van der Waals surface area contributed by atoms with E-state index in [1.54, 1.807) is 6.08 Å². The molecule has 0 spiro atoms. The Morgan fingerprint density at radius 2 is 1.92 bits per heavy atom. The molecule has 2 N–H and O–H groups in total. The van der Waals surface area contributed by atoms with Gasteiger partial charge < -0.3 is 14.9 Å². The van der Waals surface area contributed by atoms with Gasteiger partial charge in [0.2, 0.25) is 0 Å². The van der Waals surface area contributed by atoms with Gasteiger partial charge in [-0.2, -0.15) is 0 Å². The summed E-state index contributed by atoms with van der Waals surface area (Å²) in [6, 6.07) is 0. The van der Waals surface area contributed by atoms with Gasteiger partial charge in [-0.3, -0.25) is 0 Å². The standard InChI is InChI=1S/C20H30O4/c21-19(16-8-5-3-6-9-16)13-12-18-15-24-14-17(18)10-4-1-2-7-11-20(22)23/h1,4,7,11-13,16-19,21H,2-3,5-6,8-10,14-15H2,(H,22,23)/t17-,18+,19?/m1/s1. The van der Waals surface area contributed by atoms with Crippen LogP contribution in [0.25, 0.3) is 0 Å². The maximum absolute atomic E-state index is 10.4. The summed E-state index contributed by atoms with van der Waals surface area (Å²) in [5, 5.41) is 18.9. The first-order valence-electron chi connectivity index (χ1n) is 9.15. The van der Waals surface area contributed by atoms with Crippen molar-refractivity contribution >= 4 is 5.97 Å². The van der Waals surface area contributed by atoms with Crippen LogP contribution >= 0.6 is 0 Å². The van der Waals surface area contributed by atoms with E-state index in [0.29, 0.717) is 24.2 Å². The number of carboxylic acid groups (broad SMARTS) is 1. The first-order chi connectivity index (χ1) is 11.7. The number of allylic oxidation sites excluding steroid dienone is 3. The molecule has 24 heavy (non-hydrogen) atoms. The van der Waals surface area contributed by atoms with E-state index in [0.717, 1.165) is 32.5 Å². The first kappa shape index (κ1) is 18.9. The summed E-state index contributed by atoms with van der Waals surface area (Å²) >= 11 is 0.